The van der Waals surface area contributed by atoms with Gasteiger partial charge in [-0.05, 0) is 54.9 Å². The number of likely N-dealkylation sites (N-methyl/N-ethyl adjacent to an activating group) is 1. The molecule has 2 aliphatic rings. The monoisotopic (exact) mass is 572 g/mol. The summed E-state index contributed by atoms with van der Waals surface area (Å²) in [4.78, 5) is 22.3. The molecule has 1 saturated heterocycles. The number of benzene rings is 1. The van der Waals surface area contributed by atoms with E-state index in [0.29, 0.717) is 13.0 Å². The lowest BCUT2D eigenvalue weighted by molar-refractivity contribution is -0.120. The fourth-order valence-corrected chi connectivity index (χ4v) is 10.4. The largest absolute Gasteiger partial charge is 0.316 e. The number of anilines is 1. The third kappa shape index (κ3) is 4.66. The van der Waals surface area contributed by atoms with Crippen molar-refractivity contribution in [1.82, 2.24) is 14.2 Å². The molecule has 1 amide bonds. The van der Waals surface area contributed by atoms with Crippen molar-refractivity contribution >= 4 is 65.2 Å². The Morgan fingerprint density at radius 2 is 2.00 bits per heavy atom. The summed E-state index contributed by atoms with van der Waals surface area (Å²) in [5, 5.41) is 6.63. The second kappa shape index (κ2) is 10.2. The fourth-order valence-electron chi connectivity index (χ4n) is 5.20. The SMILES string of the molecule is CCN1CCc2c(sc(NC(=O)C3CCCCN3S(=O)(=O)c3cccs3)c2-c2nc3ccccc3s2)C1. The first-order valence-corrected chi connectivity index (χ1v) is 16.5. The summed E-state index contributed by atoms with van der Waals surface area (Å²) in [6.07, 6.45) is 3.00. The van der Waals surface area contributed by atoms with Gasteiger partial charge in [0.2, 0.25) is 5.91 Å². The summed E-state index contributed by atoms with van der Waals surface area (Å²) in [7, 11) is -3.72. The van der Waals surface area contributed by atoms with Crippen LogP contribution in [0.5, 0.6) is 0 Å². The Hall–Kier alpha value is -2.15. The molecule has 2 aliphatic heterocycles. The van der Waals surface area contributed by atoms with Crippen molar-refractivity contribution in [3.8, 4) is 10.6 Å². The number of carbonyl (C=O) groups excluding carboxylic acids is 1. The average Bonchev–Trinajstić information content (AvgIpc) is 3.66. The van der Waals surface area contributed by atoms with Crippen molar-refractivity contribution in [1.29, 1.82) is 0 Å². The van der Waals surface area contributed by atoms with Crippen LogP contribution in [-0.4, -0.2) is 54.2 Å². The number of piperidine rings is 1. The minimum absolute atomic E-state index is 0.256. The van der Waals surface area contributed by atoms with E-state index in [2.05, 4.69) is 23.2 Å². The Kier molecular flexibility index (Phi) is 6.93. The number of thiophene rings is 2. The molecule has 0 saturated carbocycles. The summed E-state index contributed by atoms with van der Waals surface area (Å²) in [6, 6.07) is 10.7. The van der Waals surface area contributed by atoms with Crippen LogP contribution in [0.2, 0.25) is 0 Å². The summed E-state index contributed by atoms with van der Waals surface area (Å²) in [6.45, 7) is 5.33. The molecule has 7 nitrogen and oxygen atoms in total. The number of nitrogens with one attached hydrogen (secondary N) is 1. The number of rotatable bonds is 6. The third-order valence-corrected chi connectivity index (χ3v) is 12.6. The Morgan fingerprint density at radius 1 is 1.14 bits per heavy atom. The van der Waals surface area contributed by atoms with Crippen LogP contribution in [0.25, 0.3) is 20.8 Å². The molecule has 1 unspecified atom stereocenters. The van der Waals surface area contributed by atoms with Crippen molar-refractivity contribution in [2.75, 3.05) is 25.0 Å². The highest BCUT2D eigenvalue weighted by molar-refractivity contribution is 7.91. The number of para-hydroxylation sites is 1. The number of fused-ring (bicyclic) bond motifs is 2. The molecule has 194 valence electrons. The van der Waals surface area contributed by atoms with Crippen LogP contribution in [0.4, 0.5) is 5.00 Å². The first-order valence-electron chi connectivity index (χ1n) is 12.5. The minimum atomic E-state index is -3.72. The second-order valence-corrected chi connectivity index (χ2v) is 14.6. The van der Waals surface area contributed by atoms with E-state index in [1.54, 1.807) is 40.2 Å². The lowest BCUT2D eigenvalue weighted by atomic mass is 10.0. The second-order valence-electron chi connectivity index (χ2n) is 9.36. The third-order valence-electron chi connectivity index (χ3n) is 7.14. The molecule has 37 heavy (non-hydrogen) atoms. The van der Waals surface area contributed by atoms with Crippen molar-refractivity contribution in [3.05, 3.63) is 52.2 Å². The van der Waals surface area contributed by atoms with Gasteiger partial charge in [-0.15, -0.1) is 34.0 Å². The van der Waals surface area contributed by atoms with Gasteiger partial charge in [0.15, 0.2) is 0 Å². The van der Waals surface area contributed by atoms with E-state index < -0.39 is 16.1 Å². The van der Waals surface area contributed by atoms with E-state index in [-0.39, 0.29) is 10.1 Å². The van der Waals surface area contributed by atoms with Crippen LogP contribution in [0.15, 0.2) is 46.0 Å². The zero-order valence-electron chi connectivity index (χ0n) is 20.5. The summed E-state index contributed by atoms with van der Waals surface area (Å²) in [5.41, 5.74) is 3.22. The molecule has 4 aromatic rings. The number of thiazole rings is 1. The summed E-state index contributed by atoms with van der Waals surface area (Å²) < 4.78 is 29.6. The predicted octanol–water partition coefficient (Wildman–Crippen LogP) is 5.65. The van der Waals surface area contributed by atoms with E-state index >= 15 is 0 Å². The highest BCUT2D eigenvalue weighted by Crippen LogP contribution is 2.46. The molecule has 1 aromatic carbocycles. The van der Waals surface area contributed by atoms with E-state index in [1.807, 2.05) is 18.2 Å². The minimum Gasteiger partial charge on any atom is -0.316 e. The molecule has 1 fully saturated rings. The van der Waals surface area contributed by atoms with Gasteiger partial charge in [-0.2, -0.15) is 4.31 Å². The highest BCUT2D eigenvalue weighted by atomic mass is 32.2. The Morgan fingerprint density at radius 3 is 2.78 bits per heavy atom. The molecule has 5 heterocycles. The van der Waals surface area contributed by atoms with Crippen LogP contribution >= 0.6 is 34.0 Å². The van der Waals surface area contributed by atoms with Crippen LogP contribution in [0.3, 0.4) is 0 Å². The number of sulfonamides is 1. The van der Waals surface area contributed by atoms with Gasteiger partial charge in [0.25, 0.3) is 10.0 Å². The summed E-state index contributed by atoms with van der Waals surface area (Å²) in [5.74, 6) is -0.256. The quantitative estimate of drug-likeness (QED) is 0.323. The normalized spacial score (nSPS) is 19.2. The summed E-state index contributed by atoms with van der Waals surface area (Å²) >= 11 is 4.44. The predicted molar refractivity (Wildman–Crippen MR) is 152 cm³/mol. The van der Waals surface area contributed by atoms with Gasteiger partial charge in [0.05, 0.1) is 10.2 Å². The lowest BCUT2D eigenvalue weighted by Gasteiger charge is -2.33. The Balaban J connectivity index is 1.37. The van der Waals surface area contributed by atoms with Gasteiger partial charge in [0.1, 0.15) is 20.3 Å². The number of aromatic nitrogens is 1. The molecule has 0 spiro atoms. The molecule has 11 heteroatoms. The first kappa shape index (κ1) is 25.1. The maximum Gasteiger partial charge on any atom is 0.253 e. The average molecular weight is 573 g/mol. The van der Waals surface area contributed by atoms with Crippen LogP contribution < -0.4 is 5.32 Å². The Labute approximate surface area is 228 Å². The highest BCUT2D eigenvalue weighted by Gasteiger charge is 2.39. The number of nitrogens with zero attached hydrogens (tertiary/aromatic N) is 3. The zero-order chi connectivity index (χ0) is 25.6. The van der Waals surface area contributed by atoms with E-state index in [1.165, 1.54) is 26.1 Å². The number of hydrogen-bond donors (Lipinski definition) is 1. The molecule has 0 bridgehead atoms. The fraction of sp³-hybridized carbons (Fsp3) is 0.385. The van der Waals surface area contributed by atoms with Crippen LogP contribution in [0, 0.1) is 0 Å². The van der Waals surface area contributed by atoms with Gasteiger partial charge in [-0.3, -0.25) is 9.69 Å². The number of hydrogen-bond acceptors (Lipinski definition) is 8. The van der Waals surface area contributed by atoms with Crippen molar-refractivity contribution in [2.45, 2.75) is 49.4 Å². The van der Waals surface area contributed by atoms with Crippen molar-refractivity contribution in [3.63, 3.8) is 0 Å². The van der Waals surface area contributed by atoms with Crippen LogP contribution in [-0.2, 0) is 27.8 Å². The Bertz CT molecular complexity index is 1510. The molecule has 0 aliphatic carbocycles. The van der Waals surface area contributed by atoms with Crippen molar-refractivity contribution < 1.29 is 13.2 Å². The van der Waals surface area contributed by atoms with E-state index in [4.69, 9.17) is 4.98 Å². The van der Waals surface area contributed by atoms with Crippen molar-refractivity contribution in [2.24, 2.45) is 0 Å². The molecule has 0 radical (unpaired) electrons. The van der Waals surface area contributed by atoms with Gasteiger partial charge in [-0.25, -0.2) is 13.4 Å². The molecule has 6 rings (SSSR count). The van der Waals surface area contributed by atoms with Crippen LogP contribution in [0.1, 0.15) is 36.6 Å². The van der Waals surface area contributed by atoms with E-state index in [9.17, 15) is 13.2 Å². The number of amides is 1. The maximum atomic E-state index is 13.7. The van der Waals surface area contributed by atoms with E-state index in [0.717, 1.165) is 64.7 Å². The molecular weight excluding hydrogens is 545 g/mol. The van der Waals surface area contributed by atoms with Gasteiger partial charge in [0, 0.05) is 30.1 Å². The van der Waals surface area contributed by atoms with Gasteiger partial charge >= 0.3 is 0 Å². The molecule has 1 atom stereocenters. The first-order chi connectivity index (χ1) is 18.0. The van der Waals surface area contributed by atoms with Gasteiger partial charge in [-0.1, -0.05) is 31.5 Å². The number of carbonyl (C=O) groups is 1. The molecular formula is C26H28N4O3S4. The zero-order valence-corrected chi connectivity index (χ0v) is 23.7. The van der Waals surface area contributed by atoms with Gasteiger partial charge < -0.3 is 5.32 Å². The molecule has 1 N–H and O–H groups in total. The molecule has 3 aromatic heterocycles. The topological polar surface area (TPSA) is 82.6 Å². The smallest absolute Gasteiger partial charge is 0.253 e. The maximum absolute atomic E-state index is 13.7. The standard InChI is InChI=1S/C26H28N4O3S4/c1-2-29-14-12-17-21(16-29)36-26(23(17)25-27-18-8-3-4-10-20(18)35-25)28-24(31)19-9-5-6-13-30(19)37(32,33)22-11-7-15-34-22/h3-4,7-8,10-11,15,19H,2,5-6,9,12-14,16H2,1H3,(H,28,31). The lowest BCUT2D eigenvalue weighted by Crippen LogP contribution is -2.49.